The van der Waals surface area contributed by atoms with Crippen LogP contribution in [0.15, 0.2) is 18.2 Å². The largest absolute Gasteiger partial charge is 0.381 e. The lowest BCUT2D eigenvalue weighted by Gasteiger charge is -2.31. The van der Waals surface area contributed by atoms with E-state index in [0.29, 0.717) is 12.0 Å². The number of nitrogens with one attached hydrogen (secondary N) is 1. The van der Waals surface area contributed by atoms with Crippen LogP contribution in [-0.4, -0.2) is 19.8 Å². The average Bonchev–Trinajstić information content (AvgIpc) is 2.93. The lowest BCUT2D eigenvalue weighted by Crippen LogP contribution is -2.33. The Kier molecular flexibility index (Phi) is 4.19. The van der Waals surface area contributed by atoms with Crippen molar-refractivity contribution in [3.8, 4) is 0 Å². The zero-order valence-electron chi connectivity index (χ0n) is 12.0. The van der Waals surface area contributed by atoms with Crippen LogP contribution in [0.3, 0.4) is 0 Å². The van der Waals surface area contributed by atoms with Crippen molar-refractivity contribution < 1.29 is 4.74 Å². The fourth-order valence-electron chi connectivity index (χ4n) is 3.59. The van der Waals surface area contributed by atoms with Crippen molar-refractivity contribution in [2.24, 2.45) is 5.92 Å². The van der Waals surface area contributed by atoms with E-state index < -0.39 is 0 Å². The maximum Gasteiger partial charge on any atom is 0.0512 e. The van der Waals surface area contributed by atoms with Crippen molar-refractivity contribution in [3.63, 3.8) is 0 Å². The summed E-state index contributed by atoms with van der Waals surface area (Å²) in [6.45, 7) is 5.08. The molecule has 1 fully saturated rings. The molecule has 1 saturated heterocycles. The van der Waals surface area contributed by atoms with Crippen molar-refractivity contribution in [3.05, 3.63) is 34.9 Å². The highest BCUT2D eigenvalue weighted by molar-refractivity contribution is 5.36. The summed E-state index contributed by atoms with van der Waals surface area (Å²) in [4.78, 5) is 0. The molecule has 1 aromatic carbocycles. The highest BCUT2D eigenvalue weighted by Gasteiger charge is 2.25. The lowest BCUT2D eigenvalue weighted by atomic mass is 9.87. The summed E-state index contributed by atoms with van der Waals surface area (Å²) < 4.78 is 5.68. The molecule has 1 aromatic rings. The predicted molar refractivity (Wildman–Crippen MR) is 78.4 cm³/mol. The molecular formula is C17H25NO. The van der Waals surface area contributed by atoms with E-state index in [9.17, 15) is 0 Å². The molecule has 1 N–H and O–H groups in total. The summed E-state index contributed by atoms with van der Waals surface area (Å²) in [6.07, 6.45) is 6.36. The Hall–Kier alpha value is -0.860. The van der Waals surface area contributed by atoms with Crippen LogP contribution >= 0.6 is 0 Å². The zero-order chi connectivity index (χ0) is 13.1. The van der Waals surface area contributed by atoms with Gasteiger partial charge in [0.05, 0.1) is 6.61 Å². The van der Waals surface area contributed by atoms with Crippen molar-refractivity contribution in [2.75, 3.05) is 19.8 Å². The molecule has 1 aliphatic carbocycles. The van der Waals surface area contributed by atoms with Crippen LogP contribution in [0.5, 0.6) is 0 Å². The van der Waals surface area contributed by atoms with Gasteiger partial charge in [0.1, 0.15) is 0 Å². The summed E-state index contributed by atoms with van der Waals surface area (Å²) in [6, 6.07) is 7.61. The Morgan fingerprint density at radius 1 is 1.26 bits per heavy atom. The molecule has 0 amide bonds. The Morgan fingerprint density at radius 3 is 2.95 bits per heavy atom. The molecule has 2 aliphatic rings. The number of aryl methyl sites for hydroxylation is 2. The number of benzene rings is 1. The van der Waals surface area contributed by atoms with E-state index in [4.69, 9.17) is 4.74 Å². The fourth-order valence-corrected chi connectivity index (χ4v) is 3.59. The number of hydrogen-bond acceptors (Lipinski definition) is 2. The summed E-state index contributed by atoms with van der Waals surface area (Å²) in [5.74, 6) is 0.633. The van der Waals surface area contributed by atoms with Gasteiger partial charge in [-0.1, -0.05) is 25.1 Å². The molecule has 1 aliphatic heterocycles. The molecule has 0 aromatic heterocycles. The summed E-state index contributed by atoms with van der Waals surface area (Å²) >= 11 is 0. The maximum absolute atomic E-state index is 5.68. The molecular weight excluding hydrogens is 234 g/mol. The summed E-state index contributed by atoms with van der Waals surface area (Å²) in [7, 11) is 0. The van der Waals surface area contributed by atoms with Crippen LogP contribution in [-0.2, 0) is 17.6 Å². The molecule has 2 nitrogen and oxygen atoms in total. The Balaban J connectivity index is 1.82. The minimum atomic E-state index is 0.469. The van der Waals surface area contributed by atoms with Crippen LogP contribution < -0.4 is 5.32 Å². The third kappa shape index (κ3) is 2.85. The van der Waals surface area contributed by atoms with Gasteiger partial charge >= 0.3 is 0 Å². The normalized spacial score (nSPS) is 24.2. The van der Waals surface area contributed by atoms with Crippen LogP contribution in [0.4, 0.5) is 0 Å². The number of rotatable bonds is 4. The number of hydrogen-bond donors (Lipinski definition) is 1. The Morgan fingerprint density at radius 2 is 2.16 bits per heavy atom. The first-order valence-corrected chi connectivity index (χ1v) is 7.81. The molecule has 2 heteroatoms. The summed E-state index contributed by atoms with van der Waals surface area (Å²) in [5.41, 5.74) is 4.62. The maximum atomic E-state index is 5.68. The van der Waals surface area contributed by atoms with Crippen LogP contribution in [0.2, 0.25) is 0 Å². The van der Waals surface area contributed by atoms with E-state index >= 15 is 0 Å². The minimum Gasteiger partial charge on any atom is -0.381 e. The molecule has 19 heavy (non-hydrogen) atoms. The Labute approximate surface area is 116 Å². The van der Waals surface area contributed by atoms with Gasteiger partial charge in [-0.25, -0.2) is 0 Å². The second-order valence-electron chi connectivity index (χ2n) is 5.89. The molecule has 0 bridgehead atoms. The van der Waals surface area contributed by atoms with Crippen molar-refractivity contribution in [1.82, 2.24) is 5.32 Å². The smallest absolute Gasteiger partial charge is 0.0512 e. The van der Waals surface area contributed by atoms with Crippen LogP contribution in [0.1, 0.15) is 48.9 Å². The fraction of sp³-hybridized carbons (Fsp3) is 0.647. The molecule has 104 valence electrons. The quantitative estimate of drug-likeness (QED) is 0.896. The van der Waals surface area contributed by atoms with Crippen molar-refractivity contribution in [2.45, 2.75) is 45.1 Å². The molecule has 0 saturated carbocycles. The van der Waals surface area contributed by atoms with Gasteiger partial charge < -0.3 is 10.1 Å². The van der Waals surface area contributed by atoms with Gasteiger partial charge in [-0.15, -0.1) is 0 Å². The molecule has 3 rings (SSSR count). The van der Waals surface area contributed by atoms with Gasteiger partial charge in [-0.3, -0.25) is 0 Å². The van der Waals surface area contributed by atoms with E-state index in [1.165, 1.54) is 37.7 Å². The lowest BCUT2D eigenvalue weighted by molar-refractivity contribution is 0.0392. The first kappa shape index (κ1) is 13.1. The molecule has 0 radical (unpaired) electrons. The second kappa shape index (κ2) is 6.06. The third-order valence-electron chi connectivity index (χ3n) is 4.57. The van der Waals surface area contributed by atoms with Crippen molar-refractivity contribution in [1.29, 1.82) is 0 Å². The van der Waals surface area contributed by atoms with Gasteiger partial charge in [0.2, 0.25) is 0 Å². The highest BCUT2D eigenvalue weighted by Crippen LogP contribution is 2.32. The van der Waals surface area contributed by atoms with E-state index in [-0.39, 0.29) is 0 Å². The molecule has 1 heterocycles. The second-order valence-corrected chi connectivity index (χ2v) is 5.89. The van der Waals surface area contributed by atoms with E-state index in [0.717, 1.165) is 19.8 Å². The standard InChI is InChI=1S/C17H25NO/c1-2-18-17(16-7-4-10-19-12-16)15-9-8-13-5-3-6-14(13)11-15/h8-9,11,16-18H,2-7,10,12H2,1H3. The number of ether oxygens (including phenoxy) is 1. The monoisotopic (exact) mass is 259 g/mol. The molecule has 2 atom stereocenters. The van der Waals surface area contributed by atoms with Crippen LogP contribution in [0.25, 0.3) is 0 Å². The van der Waals surface area contributed by atoms with E-state index in [2.05, 4.69) is 30.4 Å². The van der Waals surface area contributed by atoms with E-state index in [1.54, 1.807) is 11.1 Å². The van der Waals surface area contributed by atoms with Gasteiger partial charge in [-0.05, 0) is 55.3 Å². The average molecular weight is 259 g/mol. The molecule has 2 unspecified atom stereocenters. The van der Waals surface area contributed by atoms with Gasteiger partial charge in [0, 0.05) is 18.6 Å². The van der Waals surface area contributed by atoms with Gasteiger partial charge in [-0.2, -0.15) is 0 Å². The topological polar surface area (TPSA) is 21.3 Å². The van der Waals surface area contributed by atoms with Crippen molar-refractivity contribution >= 4 is 0 Å². The Bertz CT molecular complexity index is 423. The minimum absolute atomic E-state index is 0.469. The SMILES string of the molecule is CCNC(c1ccc2c(c1)CCC2)C1CCCOC1. The van der Waals surface area contributed by atoms with Gasteiger partial charge in [0.15, 0.2) is 0 Å². The summed E-state index contributed by atoms with van der Waals surface area (Å²) in [5, 5.41) is 3.68. The molecule has 0 spiro atoms. The first-order chi connectivity index (χ1) is 9.38. The third-order valence-corrected chi connectivity index (χ3v) is 4.57. The first-order valence-electron chi connectivity index (χ1n) is 7.81. The predicted octanol–water partition coefficient (Wildman–Crippen LogP) is 3.25. The van der Waals surface area contributed by atoms with Crippen LogP contribution in [0, 0.1) is 5.92 Å². The zero-order valence-corrected chi connectivity index (χ0v) is 12.0. The number of fused-ring (bicyclic) bond motifs is 1. The highest BCUT2D eigenvalue weighted by atomic mass is 16.5. The van der Waals surface area contributed by atoms with Gasteiger partial charge in [0.25, 0.3) is 0 Å². The van der Waals surface area contributed by atoms with E-state index in [1.807, 2.05) is 0 Å².